The van der Waals surface area contributed by atoms with Crippen molar-refractivity contribution < 1.29 is 22.7 Å². The lowest BCUT2D eigenvalue weighted by molar-refractivity contribution is -0.138. The molecule has 2 amide bonds. The van der Waals surface area contributed by atoms with Gasteiger partial charge in [0.05, 0.1) is 12.3 Å². The molecule has 1 N–H and O–H groups in total. The molecular formula is C16H31N3O5S. The fourth-order valence-electron chi connectivity index (χ4n) is 2.91. The van der Waals surface area contributed by atoms with E-state index < -0.39 is 16.1 Å². The quantitative estimate of drug-likeness (QED) is 0.549. The number of hydrogen-bond acceptors (Lipinski definition) is 5. The van der Waals surface area contributed by atoms with Crippen molar-refractivity contribution in [2.75, 3.05) is 46.2 Å². The van der Waals surface area contributed by atoms with E-state index in [-0.39, 0.29) is 24.1 Å². The van der Waals surface area contributed by atoms with Crippen molar-refractivity contribution in [2.45, 2.75) is 45.1 Å². The van der Waals surface area contributed by atoms with Gasteiger partial charge in [-0.25, -0.2) is 8.42 Å². The first-order valence-electron chi connectivity index (χ1n) is 8.83. The minimum absolute atomic E-state index is 0.0421. The van der Waals surface area contributed by atoms with E-state index in [1.165, 1.54) is 16.3 Å². The zero-order chi connectivity index (χ0) is 18.9. The second-order valence-corrected chi connectivity index (χ2v) is 8.37. The number of nitrogens with zero attached hydrogens (tertiary/aromatic N) is 2. The standard InChI is InChI=1S/C16H31N3O5S/c1-4-12-25(22,23)19-10-6-5-8-14(19)16(21)18(2)13-15(20)17-9-7-11-24-3/h14H,4-13H2,1-3H3,(H,17,20). The highest BCUT2D eigenvalue weighted by molar-refractivity contribution is 7.89. The first-order chi connectivity index (χ1) is 11.8. The van der Waals surface area contributed by atoms with Gasteiger partial charge in [0.1, 0.15) is 6.04 Å². The molecule has 1 saturated heterocycles. The highest BCUT2D eigenvalue weighted by Crippen LogP contribution is 2.22. The lowest BCUT2D eigenvalue weighted by Gasteiger charge is -2.35. The van der Waals surface area contributed by atoms with Gasteiger partial charge in [-0.15, -0.1) is 0 Å². The fourth-order valence-corrected chi connectivity index (χ4v) is 4.65. The van der Waals surface area contributed by atoms with Crippen molar-refractivity contribution in [3.63, 3.8) is 0 Å². The summed E-state index contributed by atoms with van der Waals surface area (Å²) in [6.45, 7) is 3.13. The maximum absolute atomic E-state index is 12.7. The van der Waals surface area contributed by atoms with E-state index in [1.54, 1.807) is 14.0 Å². The first-order valence-corrected chi connectivity index (χ1v) is 10.4. The summed E-state index contributed by atoms with van der Waals surface area (Å²) < 4.78 is 31.1. The number of carbonyl (C=O) groups excluding carboxylic acids is 2. The number of rotatable bonds is 10. The topological polar surface area (TPSA) is 96.0 Å². The lowest BCUT2D eigenvalue weighted by atomic mass is 10.0. The largest absolute Gasteiger partial charge is 0.385 e. The zero-order valence-corrected chi connectivity index (χ0v) is 16.3. The summed E-state index contributed by atoms with van der Waals surface area (Å²) >= 11 is 0. The maximum atomic E-state index is 12.7. The molecule has 1 unspecified atom stereocenters. The van der Waals surface area contributed by atoms with Gasteiger partial charge in [-0.3, -0.25) is 9.59 Å². The predicted octanol–water partition coefficient (Wildman–Crippen LogP) is 0.192. The van der Waals surface area contributed by atoms with Gasteiger partial charge in [0.15, 0.2) is 0 Å². The summed E-state index contributed by atoms with van der Waals surface area (Å²) in [6.07, 6.45) is 3.29. The molecule has 1 rings (SSSR count). The van der Waals surface area contributed by atoms with Crippen molar-refractivity contribution in [3.05, 3.63) is 0 Å². The van der Waals surface area contributed by atoms with Gasteiger partial charge in [-0.1, -0.05) is 13.3 Å². The predicted molar refractivity (Wildman–Crippen MR) is 95.6 cm³/mol. The molecule has 1 aliphatic rings. The summed E-state index contributed by atoms with van der Waals surface area (Å²) in [5.41, 5.74) is 0. The Kier molecular flexibility index (Phi) is 9.37. The van der Waals surface area contributed by atoms with Gasteiger partial charge in [0, 0.05) is 33.9 Å². The molecule has 9 heteroatoms. The summed E-state index contributed by atoms with van der Waals surface area (Å²) in [4.78, 5) is 25.9. The van der Waals surface area contributed by atoms with Crippen LogP contribution < -0.4 is 5.32 Å². The number of methoxy groups -OCH3 is 1. The Morgan fingerprint density at radius 1 is 1.32 bits per heavy atom. The average molecular weight is 378 g/mol. The minimum atomic E-state index is -3.44. The van der Waals surface area contributed by atoms with Crippen LogP contribution in [0.1, 0.15) is 39.0 Å². The Hall–Kier alpha value is -1.19. The highest BCUT2D eigenvalue weighted by Gasteiger charge is 2.37. The normalized spacial score (nSPS) is 18.8. The molecule has 25 heavy (non-hydrogen) atoms. The summed E-state index contributed by atoms with van der Waals surface area (Å²) in [5, 5.41) is 2.72. The number of sulfonamides is 1. The Labute approximate surface area is 150 Å². The van der Waals surface area contributed by atoms with Crippen molar-refractivity contribution in [1.82, 2.24) is 14.5 Å². The zero-order valence-electron chi connectivity index (χ0n) is 15.5. The maximum Gasteiger partial charge on any atom is 0.241 e. The molecular weight excluding hydrogens is 346 g/mol. The van der Waals surface area contributed by atoms with Crippen LogP contribution in [0.2, 0.25) is 0 Å². The molecule has 0 aromatic rings. The number of piperidine rings is 1. The molecule has 0 aliphatic carbocycles. The van der Waals surface area contributed by atoms with Gasteiger partial charge in [0.2, 0.25) is 21.8 Å². The fraction of sp³-hybridized carbons (Fsp3) is 0.875. The van der Waals surface area contributed by atoms with Crippen LogP contribution in [-0.4, -0.2) is 81.6 Å². The van der Waals surface area contributed by atoms with Gasteiger partial charge in [-0.2, -0.15) is 4.31 Å². The van der Waals surface area contributed by atoms with Crippen molar-refractivity contribution >= 4 is 21.8 Å². The number of ether oxygens (including phenoxy) is 1. The highest BCUT2D eigenvalue weighted by atomic mass is 32.2. The van der Waals surface area contributed by atoms with Gasteiger partial charge in [0.25, 0.3) is 0 Å². The van der Waals surface area contributed by atoms with E-state index in [4.69, 9.17) is 4.74 Å². The van der Waals surface area contributed by atoms with Crippen molar-refractivity contribution in [3.8, 4) is 0 Å². The summed E-state index contributed by atoms with van der Waals surface area (Å²) in [5.74, 6) is -0.530. The van der Waals surface area contributed by atoms with E-state index in [9.17, 15) is 18.0 Å². The molecule has 1 heterocycles. The van der Waals surface area contributed by atoms with E-state index in [0.29, 0.717) is 39.0 Å². The molecule has 0 saturated carbocycles. The molecule has 1 aliphatic heterocycles. The number of hydrogen-bond donors (Lipinski definition) is 1. The van der Waals surface area contributed by atoms with Crippen molar-refractivity contribution in [2.24, 2.45) is 0 Å². The SMILES string of the molecule is CCCS(=O)(=O)N1CCCCC1C(=O)N(C)CC(=O)NCCCOC. The lowest BCUT2D eigenvalue weighted by Crippen LogP contribution is -2.54. The number of nitrogens with one attached hydrogen (secondary N) is 1. The van der Waals surface area contributed by atoms with Crippen LogP contribution in [0.4, 0.5) is 0 Å². The monoisotopic (exact) mass is 377 g/mol. The van der Waals surface area contributed by atoms with Crippen molar-refractivity contribution in [1.29, 1.82) is 0 Å². The van der Waals surface area contributed by atoms with E-state index in [0.717, 1.165) is 12.8 Å². The molecule has 0 radical (unpaired) electrons. The smallest absolute Gasteiger partial charge is 0.241 e. The van der Waals surface area contributed by atoms with Crippen LogP contribution in [0.5, 0.6) is 0 Å². The molecule has 0 aromatic carbocycles. The van der Waals surface area contributed by atoms with Gasteiger partial charge >= 0.3 is 0 Å². The molecule has 0 aromatic heterocycles. The van der Waals surface area contributed by atoms with E-state index >= 15 is 0 Å². The number of carbonyl (C=O) groups is 2. The molecule has 1 atom stereocenters. The third-order valence-corrected chi connectivity index (χ3v) is 6.24. The first kappa shape index (κ1) is 21.9. The Morgan fingerprint density at radius 2 is 2.04 bits per heavy atom. The van der Waals surface area contributed by atoms with Crippen LogP contribution in [-0.2, 0) is 24.3 Å². The molecule has 0 spiro atoms. The van der Waals surface area contributed by atoms with E-state index in [2.05, 4.69) is 5.32 Å². The number of amides is 2. The Bertz CT molecular complexity index is 538. The third-order valence-electron chi connectivity index (χ3n) is 4.16. The van der Waals surface area contributed by atoms with Gasteiger partial charge < -0.3 is 15.0 Å². The molecule has 8 nitrogen and oxygen atoms in total. The van der Waals surface area contributed by atoms with E-state index in [1.807, 2.05) is 0 Å². The molecule has 1 fully saturated rings. The van der Waals surface area contributed by atoms with Crippen LogP contribution in [0.25, 0.3) is 0 Å². The number of likely N-dealkylation sites (N-methyl/N-ethyl adjacent to an activating group) is 1. The minimum Gasteiger partial charge on any atom is -0.385 e. The Balaban J connectivity index is 2.63. The van der Waals surface area contributed by atoms with Crippen LogP contribution in [0.15, 0.2) is 0 Å². The molecule has 146 valence electrons. The molecule has 0 bridgehead atoms. The van der Waals surface area contributed by atoms with Gasteiger partial charge in [-0.05, 0) is 25.7 Å². The second kappa shape index (κ2) is 10.7. The average Bonchev–Trinajstić information content (AvgIpc) is 2.58. The summed E-state index contributed by atoms with van der Waals surface area (Å²) in [6, 6.07) is -0.698. The van der Waals surface area contributed by atoms with Crippen LogP contribution in [0, 0.1) is 0 Å². The van der Waals surface area contributed by atoms with Crippen LogP contribution in [0.3, 0.4) is 0 Å². The third kappa shape index (κ3) is 6.91. The Morgan fingerprint density at radius 3 is 2.68 bits per heavy atom. The summed E-state index contributed by atoms with van der Waals surface area (Å²) in [7, 11) is -0.307. The second-order valence-electron chi connectivity index (χ2n) is 6.33. The van der Waals surface area contributed by atoms with Crippen LogP contribution >= 0.6 is 0 Å².